The Morgan fingerprint density at radius 1 is 1.50 bits per heavy atom. The lowest BCUT2D eigenvalue weighted by Crippen LogP contribution is -2.29. The summed E-state index contributed by atoms with van der Waals surface area (Å²) >= 11 is 1.66. The number of nitrogens with one attached hydrogen (secondary N) is 1. The Balaban J connectivity index is 2.40. The normalized spacial score (nSPS) is 15.4. The lowest BCUT2D eigenvalue weighted by Gasteiger charge is -2.16. The minimum atomic E-state index is -0.246. The van der Waals surface area contributed by atoms with E-state index in [0.29, 0.717) is 6.54 Å². The van der Waals surface area contributed by atoms with Gasteiger partial charge >= 0.3 is 0 Å². The zero-order chi connectivity index (χ0) is 10.4. The van der Waals surface area contributed by atoms with Crippen molar-refractivity contribution in [3.05, 3.63) is 16.6 Å². The molecule has 0 saturated heterocycles. The molecule has 1 heterocycles. The van der Waals surface area contributed by atoms with Crippen molar-refractivity contribution in [1.82, 2.24) is 10.3 Å². The molecule has 14 heavy (non-hydrogen) atoms. The van der Waals surface area contributed by atoms with E-state index in [1.54, 1.807) is 11.3 Å². The maximum atomic E-state index is 9.42. The van der Waals surface area contributed by atoms with Gasteiger partial charge < -0.3 is 10.4 Å². The van der Waals surface area contributed by atoms with E-state index in [1.165, 1.54) is 0 Å². The average molecular weight is 214 g/mol. The Labute approximate surface area is 89.2 Å². The molecule has 80 valence electrons. The fourth-order valence-corrected chi connectivity index (χ4v) is 2.03. The molecule has 0 aromatic carbocycles. The van der Waals surface area contributed by atoms with Crippen molar-refractivity contribution in [1.29, 1.82) is 0 Å². The van der Waals surface area contributed by atoms with Gasteiger partial charge in [0.1, 0.15) is 5.01 Å². The summed E-state index contributed by atoms with van der Waals surface area (Å²) in [6, 6.07) is 0.288. The monoisotopic (exact) mass is 214 g/mol. The second kappa shape index (κ2) is 6.11. The molecule has 0 bridgehead atoms. The smallest absolute Gasteiger partial charge is 0.109 e. The first kappa shape index (κ1) is 11.6. The van der Waals surface area contributed by atoms with Crippen LogP contribution in [0.1, 0.15) is 37.7 Å². The standard InChI is InChI=1S/C10H18N2OS/c1-3-8(13)7-12-9(4-2)10-11-5-6-14-10/h5-6,8-9,12-13H,3-4,7H2,1-2H3. The fraction of sp³-hybridized carbons (Fsp3) is 0.700. The zero-order valence-corrected chi connectivity index (χ0v) is 9.55. The van der Waals surface area contributed by atoms with Gasteiger partial charge in [-0.05, 0) is 12.8 Å². The number of nitrogens with zero attached hydrogens (tertiary/aromatic N) is 1. The van der Waals surface area contributed by atoms with Crippen molar-refractivity contribution < 1.29 is 5.11 Å². The van der Waals surface area contributed by atoms with E-state index < -0.39 is 0 Å². The van der Waals surface area contributed by atoms with Gasteiger partial charge in [0.25, 0.3) is 0 Å². The molecule has 1 aromatic rings. The number of hydrogen-bond donors (Lipinski definition) is 2. The second-order valence-corrected chi connectivity index (χ2v) is 4.23. The highest BCUT2D eigenvalue weighted by Gasteiger charge is 2.12. The first-order chi connectivity index (χ1) is 6.77. The average Bonchev–Trinajstić information content (AvgIpc) is 2.72. The van der Waals surface area contributed by atoms with Crippen molar-refractivity contribution in [3.63, 3.8) is 0 Å². The molecule has 3 nitrogen and oxygen atoms in total. The molecule has 2 atom stereocenters. The number of hydrogen-bond acceptors (Lipinski definition) is 4. The van der Waals surface area contributed by atoms with Gasteiger partial charge in [-0.25, -0.2) is 4.98 Å². The topological polar surface area (TPSA) is 45.1 Å². The maximum Gasteiger partial charge on any atom is 0.109 e. The molecular formula is C10H18N2OS. The summed E-state index contributed by atoms with van der Waals surface area (Å²) in [7, 11) is 0. The number of thiazole rings is 1. The lowest BCUT2D eigenvalue weighted by molar-refractivity contribution is 0.162. The molecule has 1 rings (SSSR count). The van der Waals surface area contributed by atoms with E-state index in [4.69, 9.17) is 0 Å². The summed E-state index contributed by atoms with van der Waals surface area (Å²) in [5.41, 5.74) is 0. The molecule has 0 aliphatic heterocycles. The quantitative estimate of drug-likeness (QED) is 0.761. The summed E-state index contributed by atoms with van der Waals surface area (Å²) in [6.07, 6.45) is 3.37. The Morgan fingerprint density at radius 2 is 2.29 bits per heavy atom. The van der Waals surface area contributed by atoms with Gasteiger partial charge in [0.2, 0.25) is 0 Å². The highest BCUT2D eigenvalue weighted by molar-refractivity contribution is 7.09. The molecule has 0 aliphatic carbocycles. The Morgan fingerprint density at radius 3 is 2.79 bits per heavy atom. The SMILES string of the molecule is CCC(O)CNC(CC)c1nccs1. The molecule has 1 aromatic heterocycles. The molecule has 4 heteroatoms. The Kier molecular flexibility index (Phi) is 5.07. The summed E-state index contributed by atoms with van der Waals surface area (Å²) in [5, 5.41) is 15.8. The number of aliphatic hydroxyl groups is 1. The van der Waals surface area contributed by atoms with Crippen LogP contribution < -0.4 is 5.32 Å². The fourth-order valence-electron chi connectivity index (χ4n) is 1.24. The van der Waals surface area contributed by atoms with Crippen LogP contribution in [0.15, 0.2) is 11.6 Å². The Bertz CT molecular complexity index is 238. The summed E-state index contributed by atoms with van der Waals surface area (Å²) < 4.78 is 0. The Hall–Kier alpha value is -0.450. The highest BCUT2D eigenvalue weighted by Crippen LogP contribution is 2.18. The maximum absolute atomic E-state index is 9.42. The van der Waals surface area contributed by atoms with Crippen LogP contribution in [0.4, 0.5) is 0 Å². The van der Waals surface area contributed by atoms with Crippen LogP contribution >= 0.6 is 11.3 Å². The van der Waals surface area contributed by atoms with Crippen LogP contribution in [0.3, 0.4) is 0 Å². The van der Waals surface area contributed by atoms with Crippen LogP contribution in [-0.2, 0) is 0 Å². The summed E-state index contributed by atoms with van der Waals surface area (Å²) in [6.45, 7) is 4.75. The first-order valence-electron chi connectivity index (χ1n) is 5.08. The molecule has 0 spiro atoms. The van der Waals surface area contributed by atoms with Crippen molar-refractivity contribution in [2.45, 2.75) is 38.8 Å². The molecule has 2 N–H and O–H groups in total. The lowest BCUT2D eigenvalue weighted by atomic mass is 10.2. The molecule has 0 aliphatic rings. The van der Waals surface area contributed by atoms with Crippen LogP contribution in [0.25, 0.3) is 0 Å². The molecule has 0 fully saturated rings. The van der Waals surface area contributed by atoms with Gasteiger partial charge in [-0.15, -0.1) is 11.3 Å². The zero-order valence-electron chi connectivity index (χ0n) is 8.73. The van der Waals surface area contributed by atoms with Crippen molar-refractivity contribution in [3.8, 4) is 0 Å². The van der Waals surface area contributed by atoms with Crippen molar-refractivity contribution >= 4 is 11.3 Å². The summed E-state index contributed by atoms with van der Waals surface area (Å²) in [5.74, 6) is 0. The molecular weight excluding hydrogens is 196 g/mol. The predicted octanol–water partition coefficient (Wildman–Crippen LogP) is 1.95. The third-order valence-corrected chi connectivity index (χ3v) is 3.12. The second-order valence-electron chi connectivity index (χ2n) is 3.30. The van der Waals surface area contributed by atoms with Gasteiger partial charge in [0.15, 0.2) is 0 Å². The number of rotatable bonds is 6. The van der Waals surface area contributed by atoms with E-state index in [1.807, 2.05) is 18.5 Å². The van der Waals surface area contributed by atoms with Crippen molar-refractivity contribution in [2.75, 3.05) is 6.54 Å². The van der Waals surface area contributed by atoms with E-state index in [9.17, 15) is 5.11 Å². The van der Waals surface area contributed by atoms with Crippen molar-refractivity contribution in [2.24, 2.45) is 0 Å². The van der Waals surface area contributed by atoms with Gasteiger partial charge in [-0.2, -0.15) is 0 Å². The minimum Gasteiger partial charge on any atom is -0.392 e. The van der Waals surface area contributed by atoms with Crippen LogP contribution in [0, 0.1) is 0 Å². The van der Waals surface area contributed by atoms with E-state index in [0.717, 1.165) is 17.8 Å². The first-order valence-corrected chi connectivity index (χ1v) is 5.96. The predicted molar refractivity (Wildman–Crippen MR) is 59.4 cm³/mol. The number of aromatic nitrogens is 1. The van der Waals surface area contributed by atoms with Gasteiger partial charge in [0, 0.05) is 18.1 Å². The minimum absolute atomic E-state index is 0.246. The molecule has 2 unspecified atom stereocenters. The van der Waals surface area contributed by atoms with Crippen LogP contribution in [0.2, 0.25) is 0 Å². The highest BCUT2D eigenvalue weighted by atomic mass is 32.1. The third kappa shape index (κ3) is 3.36. The van der Waals surface area contributed by atoms with E-state index in [2.05, 4.69) is 17.2 Å². The van der Waals surface area contributed by atoms with Gasteiger partial charge in [-0.1, -0.05) is 13.8 Å². The number of aliphatic hydroxyl groups excluding tert-OH is 1. The molecule has 0 radical (unpaired) electrons. The largest absolute Gasteiger partial charge is 0.392 e. The molecule has 0 saturated carbocycles. The van der Waals surface area contributed by atoms with Crippen LogP contribution in [0.5, 0.6) is 0 Å². The summed E-state index contributed by atoms with van der Waals surface area (Å²) in [4.78, 5) is 4.27. The van der Waals surface area contributed by atoms with E-state index >= 15 is 0 Å². The third-order valence-electron chi connectivity index (χ3n) is 2.23. The molecule has 0 amide bonds. The van der Waals surface area contributed by atoms with Gasteiger partial charge in [0.05, 0.1) is 12.1 Å². The van der Waals surface area contributed by atoms with Gasteiger partial charge in [-0.3, -0.25) is 0 Å². The van der Waals surface area contributed by atoms with E-state index in [-0.39, 0.29) is 12.1 Å². The van der Waals surface area contributed by atoms with Crippen LogP contribution in [-0.4, -0.2) is 22.7 Å².